The molecule has 3 nitrogen and oxygen atoms in total. The summed E-state index contributed by atoms with van der Waals surface area (Å²) in [6.07, 6.45) is -0.389. The van der Waals surface area contributed by atoms with Crippen molar-refractivity contribution in [1.82, 2.24) is 9.80 Å². The van der Waals surface area contributed by atoms with Gasteiger partial charge in [-0.2, -0.15) is 0 Å². The SMILES string of the molecule is C[C@H]([C@@H](O)c1ccccc1)N1CCN(C)CC1. The fourth-order valence-electron chi connectivity index (χ4n) is 2.36. The molecule has 0 radical (unpaired) electrons. The third-order valence-corrected chi connectivity index (χ3v) is 3.71. The number of piperazine rings is 1. The minimum Gasteiger partial charge on any atom is -0.387 e. The van der Waals surface area contributed by atoms with Gasteiger partial charge in [-0.1, -0.05) is 30.3 Å². The molecule has 0 bridgehead atoms. The third-order valence-electron chi connectivity index (χ3n) is 3.71. The topological polar surface area (TPSA) is 26.7 Å². The lowest BCUT2D eigenvalue weighted by atomic mass is 10.0. The standard InChI is InChI=1S/C14H22N2O/c1-12(16-10-8-15(2)9-11-16)14(17)13-6-4-3-5-7-13/h3-7,12,14,17H,8-11H2,1-2H3/t12-,14-/m1/s1. The Hall–Kier alpha value is -0.900. The summed E-state index contributed by atoms with van der Waals surface area (Å²) < 4.78 is 0. The fraction of sp³-hybridized carbons (Fsp3) is 0.571. The van der Waals surface area contributed by atoms with E-state index in [0.29, 0.717) is 0 Å². The van der Waals surface area contributed by atoms with E-state index in [-0.39, 0.29) is 12.1 Å². The lowest BCUT2D eigenvalue weighted by Crippen LogP contribution is -2.49. The second kappa shape index (κ2) is 5.63. The van der Waals surface area contributed by atoms with Gasteiger partial charge in [0, 0.05) is 32.2 Å². The van der Waals surface area contributed by atoms with E-state index in [1.54, 1.807) is 0 Å². The monoisotopic (exact) mass is 234 g/mol. The average Bonchev–Trinajstić information content (AvgIpc) is 2.39. The first kappa shape index (κ1) is 12.6. The number of rotatable bonds is 3. The highest BCUT2D eigenvalue weighted by Crippen LogP contribution is 2.21. The Morgan fingerprint density at radius 1 is 1.06 bits per heavy atom. The van der Waals surface area contributed by atoms with Crippen molar-refractivity contribution < 1.29 is 5.11 Å². The minimum absolute atomic E-state index is 0.186. The van der Waals surface area contributed by atoms with Crippen LogP contribution in [0.2, 0.25) is 0 Å². The number of nitrogens with zero attached hydrogens (tertiary/aromatic N) is 2. The predicted molar refractivity (Wildman–Crippen MR) is 69.9 cm³/mol. The van der Waals surface area contributed by atoms with Gasteiger partial charge in [-0.15, -0.1) is 0 Å². The zero-order chi connectivity index (χ0) is 12.3. The van der Waals surface area contributed by atoms with Gasteiger partial charge in [0.05, 0.1) is 6.10 Å². The molecule has 1 aromatic carbocycles. The van der Waals surface area contributed by atoms with Crippen LogP contribution in [-0.2, 0) is 0 Å². The van der Waals surface area contributed by atoms with E-state index in [2.05, 4.69) is 23.8 Å². The molecule has 17 heavy (non-hydrogen) atoms. The Kier molecular flexibility index (Phi) is 4.15. The molecule has 2 atom stereocenters. The molecule has 0 aromatic heterocycles. The van der Waals surface area contributed by atoms with Crippen LogP contribution in [0.15, 0.2) is 30.3 Å². The summed E-state index contributed by atoms with van der Waals surface area (Å²) in [6.45, 7) is 6.38. The molecule has 1 fully saturated rings. The van der Waals surface area contributed by atoms with Gasteiger partial charge in [0.25, 0.3) is 0 Å². The minimum atomic E-state index is -0.389. The summed E-state index contributed by atoms with van der Waals surface area (Å²) >= 11 is 0. The number of likely N-dealkylation sites (N-methyl/N-ethyl adjacent to an activating group) is 1. The molecule has 0 saturated carbocycles. The van der Waals surface area contributed by atoms with E-state index in [1.807, 2.05) is 30.3 Å². The van der Waals surface area contributed by atoms with Crippen LogP contribution >= 0.6 is 0 Å². The van der Waals surface area contributed by atoms with Gasteiger partial charge in [-0.05, 0) is 19.5 Å². The number of benzene rings is 1. The van der Waals surface area contributed by atoms with Gasteiger partial charge in [-0.25, -0.2) is 0 Å². The number of hydrogen-bond donors (Lipinski definition) is 1. The summed E-state index contributed by atoms with van der Waals surface area (Å²) in [7, 11) is 2.15. The van der Waals surface area contributed by atoms with Crippen LogP contribution in [0.5, 0.6) is 0 Å². The quantitative estimate of drug-likeness (QED) is 0.855. The smallest absolute Gasteiger partial charge is 0.0942 e. The van der Waals surface area contributed by atoms with Crippen LogP contribution < -0.4 is 0 Å². The van der Waals surface area contributed by atoms with E-state index in [0.717, 1.165) is 31.7 Å². The molecule has 1 N–H and O–H groups in total. The first-order valence-electron chi connectivity index (χ1n) is 6.34. The zero-order valence-corrected chi connectivity index (χ0v) is 10.7. The Bertz CT molecular complexity index is 333. The molecule has 0 spiro atoms. The second-order valence-corrected chi connectivity index (χ2v) is 4.94. The van der Waals surface area contributed by atoms with Crippen molar-refractivity contribution in [2.75, 3.05) is 33.2 Å². The van der Waals surface area contributed by atoms with Gasteiger partial charge in [-0.3, -0.25) is 4.90 Å². The highest BCUT2D eigenvalue weighted by atomic mass is 16.3. The van der Waals surface area contributed by atoms with Crippen molar-refractivity contribution in [2.24, 2.45) is 0 Å². The average molecular weight is 234 g/mol. The Labute approximate surface area is 104 Å². The summed E-state index contributed by atoms with van der Waals surface area (Å²) in [5.74, 6) is 0. The molecular weight excluding hydrogens is 212 g/mol. The summed E-state index contributed by atoms with van der Waals surface area (Å²) in [5.41, 5.74) is 1.01. The van der Waals surface area contributed by atoms with Crippen LogP contribution in [0.3, 0.4) is 0 Å². The Morgan fingerprint density at radius 3 is 2.24 bits per heavy atom. The van der Waals surface area contributed by atoms with E-state index in [9.17, 15) is 5.11 Å². The van der Waals surface area contributed by atoms with Crippen LogP contribution in [0.25, 0.3) is 0 Å². The molecular formula is C14H22N2O. The van der Waals surface area contributed by atoms with Crippen molar-refractivity contribution in [1.29, 1.82) is 0 Å². The van der Waals surface area contributed by atoms with Crippen LogP contribution in [0.1, 0.15) is 18.6 Å². The summed E-state index contributed by atoms with van der Waals surface area (Å²) in [4.78, 5) is 4.70. The highest BCUT2D eigenvalue weighted by molar-refractivity contribution is 5.18. The number of aliphatic hydroxyl groups excluding tert-OH is 1. The van der Waals surface area contributed by atoms with Gasteiger partial charge in [0.15, 0.2) is 0 Å². The summed E-state index contributed by atoms with van der Waals surface area (Å²) in [6, 6.07) is 10.1. The maximum absolute atomic E-state index is 10.4. The molecule has 3 heteroatoms. The largest absolute Gasteiger partial charge is 0.387 e. The lowest BCUT2D eigenvalue weighted by molar-refractivity contribution is 0.0315. The second-order valence-electron chi connectivity index (χ2n) is 4.94. The molecule has 94 valence electrons. The molecule has 1 saturated heterocycles. The van der Waals surface area contributed by atoms with Gasteiger partial charge in [0.1, 0.15) is 0 Å². The van der Waals surface area contributed by atoms with Crippen molar-refractivity contribution in [2.45, 2.75) is 19.1 Å². The number of aliphatic hydroxyl groups is 1. The summed E-state index contributed by atoms with van der Waals surface area (Å²) in [5, 5.41) is 10.4. The lowest BCUT2D eigenvalue weighted by Gasteiger charge is -2.38. The normalized spacial score (nSPS) is 22.3. The predicted octanol–water partition coefficient (Wildman–Crippen LogP) is 1.36. The van der Waals surface area contributed by atoms with Crippen molar-refractivity contribution >= 4 is 0 Å². The Morgan fingerprint density at radius 2 is 1.65 bits per heavy atom. The van der Waals surface area contributed by atoms with Gasteiger partial charge in [0.2, 0.25) is 0 Å². The van der Waals surface area contributed by atoms with Gasteiger partial charge < -0.3 is 10.0 Å². The molecule has 0 aliphatic carbocycles. The maximum Gasteiger partial charge on any atom is 0.0942 e. The van der Waals surface area contributed by atoms with E-state index in [1.165, 1.54) is 0 Å². The molecule has 2 rings (SSSR count). The van der Waals surface area contributed by atoms with E-state index in [4.69, 9.17) is 0 Å². The molecule has 0 amide bonds. The molecule has 1 aliphatic heterocycles. The molecule has 1 heterocycles. The van der Waals surface area contributed by atoms with Crippen LogP contribution in [-0.4, -0.2) is 54.2 Å². The van der Waals surface area contributed by atoms with E-state index >= 15 is 0 Å². The first-order valence-corrected chi connectivity index (χ1v) is 6.34. The molecule has 0 unspecified atom stereocenters. The molecule has 1 aliphatic rings. The van der Waals surface area contributed by atoms with Crippen LogP contribution in [0, 0.1) is 0 Å². The highest BCUT2D eigenvalue weighted by Gasteiger charge is 2.25. The van der Waals surface area contributed by atoms with Crippen LogP contribution in [0.4, 0.5) is 0 Å². The number of hydrogen-bond acceptors (Lipinski definition) is 3. The Balaban J connectivity index is 1.98. The fourth-order valence-corrected chi connectivity index (χ4v) is 2.36. The van der Waals surface area contributed by atoms with Crippen molar-refractivity contribution in [3.05, 3.63) is 35.9 Å². The van der Waals surface area contributed by atoms with E-state index < -0.39 is 0 Å². The third kappa shape index (κ3) is 3.06. The maximum atomic E-state index is 10.4. The van der Waals surface area contributed by atoms with Crippen molar-refractivity contribution in [3.63, 3.8) is 0 Å². The zero-order valence-electron chi connectivity index (χ0n) is 10.7. The van der Waals surface area contributed by atoms with Gasteiger partial charge >= 0.3 is 0 Å². The molecule has 1 aromatic rings. The van der Waals surface area contributed by atoms with Crippen molar-refractivity contribution in [3.8, 4) is 0 Å². The first-order chi connectivity index (χ1) is 8.18.